The number of ether oxygens (including phenoxy) is 5. The molecule has 2 fully saturated rings. The number of nitrogens with zero attached hydrogens (tertiary/aromatic N) is 1. The molecule has 2 aromatic rings. The van der Waals surface area contributed by atoms with Crippen molar-refractivity contribution in [3.05, 3.63) is 57.6 Å². The van der Waals surface area contributed by atoms with Gasteiger partial charge in [0, 0.05) is 48.4 Å². The minimum absolute atomic E-state index is 0.0385. The van der Waals surface area contributed by atoms with Crippen LogP contribution in [0.5, 0.6) is 11.5 Å². The summed E-state index contributed by atoms with van der Waals surface area (Å²) >= 11 is 0. The summed E-state index contributed by atoms with van der Waals surface area (Å²) in [5.74, 6) is -5.63. The number of likely N-dealkylation sites (N-methyl/N-ethyl adjacent to an activating group) is 1. The zero-order valence-electron chi connectivity index (χ0n) is 29.8. The SMILES string of the molecule is COC(=O)C1c2cc3c(c(O)c2C(OC2CC(N(C)C)C(OC4CC(O)C(O)C(C)O4)C(C)O2)CC1(O)CC(C)=O)C(=O)c1c(O)cccc1C3=O. The van der Waals surface area contributed by atoms with Gasteiger partial charge in [0.15, 0.2) is 18.4 Å². The number of hydrogen-bond acceptors (Lipinski definition) is 15. The number of carbonyl (C=O) groups is 4. The van der Waals surface area contributed by atoms with E-state index >= 15 is 0 Å². The Balaban J connectivity index is 1.40. The topological polar surface area (TPSA) is 219 Å². The largest absolute Gasteiger partial charge is 0.507 e. The summed E-state index contributed by atoms with van der Waals surface area (Å²) < 4.78 is 30.0. The van der Waals surface area contributed by atoms with E-state index in [2.05, 4.69) is 0 Å². The van der Waals surface area contributed by atoms with Crippen molar-refractivity contribution in [2.75, 3.05) is 21.2 Å². The Morgan fingerprint density at radius 3 is 2.27 bits per heavy atom. The maximum atomic E-state index is 13.9. The van der Waals surface area contributed by atoms with Crippen molar-refractivity contribution in [1.29, 1.82) is 0 Å². The highest BCUT2D eigenvalue weighted by atomic mass is 16.7. The highest BCUT2D eigenvalue weighted by Crippen LogP contribution is 2.54. The Labute approximate surface area is 300 Å². The van der Waals surface area contributed by atoms with Gasteiger partial charge in [0.2, 0.25) is 5.78 Å². The fourth-order valence-corrected chi connectivity index (χ4v) is 8.23. The lowest BCUT2D eigenvalue weighted by Gasteiger charge is -2.48. The lowest BCUT2D eigenvalue weighted by Crippen LogP contribution is -2.57. The minimum atomic E-state index is -2.11. The fraction of sp³-hybridized carbons (Fsp3) is 0.568. The van der Waals surface area contributed by atoms with Gasteiger partial charge in [-0.05, 0) is 52.6 Å². The molecule has 2 aliphatic heterocycles. The zero-order chi connectivity index (χ0) is 38.0. The van der Waals surface area contributed by atoms with E-state index in [0.29, 0.717) is 0 Å². The number of ketones is 3. The normalized spacial score (nSPS) is 34.3. The third kappa shape index (κ3) is 6.53. The molecule has 5 N–H and O–H groups in total. The molecule has 0 saturated carbocycles. The standard InChI is InChI=1S/C37H45NO14/c1-15(39)13-37(47)14-24(51-25-11-21(38(4)5)35(17(3)50-25)52-26-12-23(41)31(42)16(2)49-26)28-19(30(37)36(46)48-6)10-20-29(34(28)45)33(44)27-18(32(20)43)8-7-9-22(27)40/h7-10,16-17,21,23-26,30-31,35,40-42,45,47H,11-14H2,1-6H3. The number of benzene rings is 2. The van der Waals surface area contributed by atoms with E-state index in [1.54, 1.807) is 13.8 Å². The second kappa shape index (κ2) is 14.2. The molecule has 0 bridgehead atoms. The number of aliphatic hydroxyl groups is 3. The van der Waals surface area contributed by atoms with Crippen LogP contribution < -0.4 is 0 Å². The maximum Gasteiger partial charge on any atom is 0.316 e. The third-order valence-corrected chi connectivity index (χ3v) is 10.7. The van der Waals surface area contributed by atoms with Crippen LogP contribution in [0.25, 0.3) is 0 Å². The molecule has 2 aromatic carbocycles. The van der Waals surface area contributed by atoms with Crippen molar-refractivity contribution in [3.8, 4) is 11.5 Å². The van der Waals surface area contributed by atoms with Crippen molar-refractivity contribution in [2.45, 2.75) is 113 Å². The van der Waals surface area contributed by atoms with Crippen LogP contribution in [0.3, 0.4) is 0 Å². The number of phenols is 2. The minimum Gasteiger partial charge on any atom is -0.507 e. The lowest BCUT2D eigenvalue weighted by molar-refractivity contribution is -0.310. The van der Waals surface area contributed by atoms with Crippen LogP contribution in [-0.2, 0) is 33.3 Å². The molecule has 11 unspecified atom stereocenters. The molecule has 0 aromatic heterocycles. The van der Waals surface area contributed by atoms with Gasteiger partial charge in [-0.1, -0.05) is 12.1 Å². The van der Waals surface area contributed by atoms with Gasteiger partial charge in [-0.3, -0.25) is 19.2 Å². The van der Waals surface area contributed by atoms with Crippen molar-refractivity contribution in [1.82, 2.24) is 4.90 Å². The Morgan fingerprint density at radius 2 is 1.63 bits per heavy atom. The van der Waals surface area contributed by atoms with E-state index in [4.69, 9.17) is 23.7 Å². The maximum absolute atomic E-state index is 13.9. The van der Waals surface area contributed by atoms with Gasteiger partial charge in [-0.25, -0.2) is 0 Å². The van der Waals surface area contributed by atoms with E-state index in [0.717, 1.165) is 7.11 Å². The summed E-state index contributed by atoms with van der Waals surface area (Å²) in [6.45, 7) is 4.64. The highest BCUT2D eigenvalue weighted by molar-refractivity contribution is 6.30. The first-order valence-electron chi connectivity index (χ1n) is 17.2. The second-order valence-corrected chi connectivity index (χ2v) is 14.5. The molecular formula is C37H45NO14. The molecule has 0 radical (unpaired) electrons. The van der Waals surface area contributed by atoms with Crippen LogP contribution in [0.15, 0.2) is 24.3 Å². The molecule has 15 heteroatoms. The number of fused-ring (bicyclic) bond motifs is 3. The van der Waals surface area contributed by atoms with Crippen LogP contribution >= 0.6 is 0 Å². The summed E-state index contributed by atoms with van der Waals surface area (Å²) in [7, 11) is 4.76. The summed E-state index contributed by atoms with van der Waals surface area (Å²) in [5.41, 5.74) is -3.30. The van der Waals surface area contributed by atoms with E-state index in [9.17, 15) is 44.7 Å². The Kier molecular flexibility index (Phi) is 10.4. The van der Waals surface area contributed by atoms with Gasteiger partial charge < -0.3 is 54.1 Å². The van der Waals surface area contributed by atoms with E-state index in [1.165, 1.54) is 31.2 Å². The van der Waals surface area contributed by atoms with Crippen LogP contribution in [0.1, 0.15) is 101 Å². The molecule has 2 heterocycles. The van der Waals surface area contributed by atoms with Crippen molar-refractivity contribution < 1.29 is 68.4 Å². The Hall–Kier alpha value is -3.80. The first-order valence-corrected chi connectivity index (χ1v) is 17.2. The first kappa shape index (κ1) is 37.9. The quantitative estimate of drug-likeness (QED) is 0.208. The van der Waals surface area contributed by atoms with Crippen LogP contribution in [0.2, 0.25) is 0 Å². The molecule has 4 aliphatic rings. The smallest absolute Gasteiger partial charge is 0.316 e. The van der Waals surface area contributed by atoms with Crippen LogP contribution in [0.4, 0.5) is 0 Å². The van der Waals surface area contributed by atoms with Crippen molar-refractivity contribution >= 4 is 23.3 Å². The average molecular weight is 728 g/mol. The van der Waals surface area contributed by atoms with Crippen molar-refractivity contribution in [3.63, 3.8) is 0 Å². The van der Waals surface area contributed by atoms with Gasteiger partial charge in [0.25, 0.3) is 0 Å². The predicted molar refractivity (Wildman–Crippen MR) is 179 cm³/mol. The average Bonchev–Trinajstić information content (AvgIpc) is 3.05. The molecule has 6 rings (SSSR count). The Morgan fingerprint density at radius 1 is 0.962 bits per heavy atom. The number of carbonyl (C=O) groups excluding carboxylic acids is 4. The fourth-order valence-electron chi connectivity index (χ4n) is 8.23. The Bertz CT molecular complexity index is 1760. The number of phenolic OH excluding ortho intramolecular Hbond substituents is 2. The number of Topliss-reactive ketones (excluding diaryl/α,β-unsaturated/α-hetero) is 1. The highest BCUT2D eigenvalue weighted by Gasteiger charge is 2.54. The molecule has 2 aliphatic carbocycles. The summed E-state index contributed by atoms with van der Waals surface area (Å²) in [6, 6.07) is 4.88. The number of aliphatic hydroxyl groups excluding tert-OH is 2. The van der Waals surface area contributed by atoms with Gasteiger partial charge in [-0.2, -0.15) is 0 Å². The number of methoxy groups -OCH3 is 1. The zero-order valence-corrected chi connectivity index (χ0v) is 29.8. The molecule has 15 nitrogen and oxygen atoms in total. The molecule has 0 spiro atoms. The lowest BCUT2D eigenvalue weighted by atomic mass is 9.66. The van der Waals surface area contributed by atoms with Gasteiger partial charge in [0.05, 0.1) is 48.3 Å². The van der Waals surface area contributed by atoms with Crippen molar-refractivity contribution in [2.24, 2.45) is 0 Å². The molecule has 282 valence electrons. The summed E-state index contributed by atoms with van der Waals surface area (Å²) in [4.78, 5) is 55.5. The van der Waals surface area contributed by atoms with E-state index in [-0.39, 0.29) is 46.7 Å². The first-order chi connectivity index (χ1) is 24.5. The molecule has 2 saturated heterocycles. The van der Waals surface area contributed by atoms with Gasteiger partial charge >= 0.3 is 5.97 Å². The predicted octanol–water partition coefficient (Wildman–Crippen LogP) is 1.61. The molecule has 52 heavy (non-hydrogen) atoms. The molecule has 11 atom stereocenters. The summed E-state index contributed by atoms with van der Waals surface area (Å²) in [5, 5.41) is 55.1. The monoisotopic (exact) mass is 727 g/mol. The molecular weight excluding hydrogens is 682 g/mol. The third-order valence-electron chi connectivity index (χ3n) is 10.7. The van der Waals surface area contributed by atoms with E-state index < -0.39 is 114 Å². The van der Waals surface area contributed by atoms with Gasteiger partial charge in [-0.15, -0.1) is 0 Å². The van der Waals surface area contributed by atoms with Crippen LogP contribution in [-0.4, -0.2) is 130 Å². The molecule has 0 amide bonds. The van der Waals surface area contributed by atoms with Gasteiger partial charge in [0.1, 0.15) is 35.4 Å². The van der Waals surface area contributed by atoms with Crippen LogP contribution in [0, 0.1) is 0 Å². The number of hydrogen-bond donors (Lipinski definition) is 5. The number of rotatable bonds is 8. The number of esters is 1. The summed E-state index contributed by atoms with van der Waals surface area (Å²) in [6.07, 6.45) is -7.86. The second-order valence-electron chi connectivity index (χ2n) is 14.5. The van der Waals surface area contributed by atoms with E-state index in [1.807, 2.05) is 19.0 Å². The number of aromatic hydroxyl groups is 2.